The Bertz CT molecular complexity index is 710. The molecule has 27 heavy (non-hydrogen) atoms. The maximum Gasteiger partial charge on any atom is 0.276 e. The highest BCUT2D eigenvalue weighted by Gasteiger charge is 2.24. The standard InChI is InChI=1S/C21H31N5O/c1-3-25(4-2)21(27)20-17-26(23-22-20)19-13-9-15-24(16-19)14-8-12-18-10-6-5-7-11-18/h5-7,10-11,17,19H,3-4,8-9,12-16H2,1-2H3/t19-/m1/s1. The molecule has 1 saturated heterocycles. The van der Waals surface area contributed by atoms with Crippen LogP contribution in [0.2, 0.25) is 0 Å². The Labute approximate surface area is 162 Å². The van der Waals surface area contributed by atoms with E-state index < -0.39 is 0 Å². The minimum absolute atomic E-state index is 0.0261. The van der Waals surface area contributed by atoms with Crippen molar-refractivity contribution >= 4 is 5.91 Å². The van der Waals surface area contributed by atoms with E-state index in [4.69, 9.17) is 0 Å². The van der Waals surface area contributed by atoms with Crippen molar-refractivity contribution < 1.29 is 4.79 Å². The van der Waals surface area contributed by atoms with Crippen molar-refractivity contribution in [1.82, 2.24) is 24.8 Å². The van der Waals surface area contributed by atoms with Gasteiger partial charge >= 0.3 is 0 Å². The Morgan fingerprint density at radius 1 is 1.22 bits per heavy atom. The number of benzene rings is 1. The lowest BCUT2D eigenvalue weighted by Crippen LogP contribution is -2.37. The van der Waals surface area contributed by atoms with Crippen LogP contribution in [-0.2, 0) is 6.42 Å². The molecule has 6 nitrogen and oxygen atoms in total. The van der Waals surface area contributed by atoms with Crippen LogP contribution < -0.4 is 0 Å². The lowest BCUT2D eigenvalue weighted by molar-refractivity contribution is 0.0767. The summed E-state index contributed by atoms with van der Waals surface area (Å²) in [6.07, 6.45) is 6.37. The first-order valence-electron chi connectivity index (χ1n) is 10.2. The molecule has 0 unspecified atom stereocenters. The van der Waals surface area contributed by atoms with Crippen LogP contribution in [0.5, 0.6) is 0 Å². The molecule has 0 bridgehead atoms. The van der Waals surface area contributed by atoms with E-state index in [1.165, 1.54) is 12.0 Å². The molecule has 1 aliphatic rings. The maximum absolute atomic E-state index is 12.4. The van der Waals surface area contributed by atoms with Gasteiger partial charge in [0.25, 0.3) is 5.91 Å². The van der Waals surface area contributed by atoms with Crippen molar-refractivity contribution in [3.63, 3.8) is 0 Å². The second-order valence-electron chi connectivity index (χ2n) is 7.25. The predicted molar refractivity (Wildman–Crippen MR) is 107 cm³/mol. The molecule has 2 heterocycles. The number of rotatable bonds is 8. The van der Waals surface area contributed by atoms with E-state index in [1.807, 2.05) is 24.7 Å². The Hall–Kier alpha value is -2.21. The van der Waals surface area contributed by atoms with Crippen LogP contribution in [0, 0.1) is 0 Å². The fraction of sp³-hybridized carbons (Fsp3) is 0.571. The molecule has 0 saturated carbocycles. The third-order valence-electron chi connectivity index (χ3n) is 5.42. The molecule has 0 radical (unpaired) electrons. The average Bonchev–Trinajstić information content (AvgIpc) is 3.20. The molecule has 0 N–H and O–H groups in total. The summed E-state index contributed by atoms with van der Waals surface area (Å²) in [5, 5.41) is 8.40. The second kappa shape index (κ2) is 9.65. The van der Waals surface area contributed by atoms with Crippen LogP contribution >= 0.6 is 0 Å². The zero-order chi connectivity index (χ0) is 19.1. The summed E-state index contributed by atoms with van der Waals surface area (Å²) >= 11 is 0. The number of carbonyl (C=O) groups excluding carboxylic acids is 1. The van der Waals surface area contributed by atoms with Crippen LogP contribution in [0.15, 0.2) is 36.5 Å². The molecule has 1 fully saturated rings. The van der Waals surface area contributed by atoms with E-state index in [-0.39, 0.29) is 5.91 Å². The first-order valence-corrected chi connectivity index (χ1v) is 10.2. The van der Waals surface area contributed by atoms with Gasteiger partial charge in [-0.2, -0.15) is 0 Å². The summed E-state index contributed by atoms with van der Waals surface area (Å²) in [7, 11) is 0. The lowest BCUT2D eigenvalue weighted by atomic mass is 10.0. The third-order valence-corrected chi connectivity index (χ3v) is 5.42. The molecule has 6 heteroatoms. The van der Waals surface area contributed by atoms with Crippen LogP contribution in [0.25, 0.3) is 0 Å². The van der Waals surface area contributed by atoms with E-state index in [1.54, 1.807) is 4.90 Å². The van der Waals surface area contributed by atoms with Gasteiger partial charge in [-0.1, -0.05) is 35.5 Å². The van der Waals surface area contributed by atoms with Gasteiger partial charge in [-0.15, -0.1) is 5.10 Å². The largest absolute Gasteiger partial charge is 0.338 e. The number of nitrogens with zero attached hydrogens (tertiary/aromatic N) is 5. The quantitative estimate of drug-likeness (QED) is 0.718. The second-order valence-corrected chi connectivity index (χ2v) is 7.25. The first-order chi connectivity index (χ1) is 13.2. The Morgan fingerprint density at radius 3 is 2.74 bits per heavy atom. The monoisotopic (exact) mass is 369 g/mol. The molecule has 1 aromatic carbocycles. The van der Waals surface area contributed by atoms with Crippen molar-refractivity contribution in [2.75, 3.05) is 32.7 Å². The molecule has 146 valence electrons. The molecule has 1 aromatic heterocycles. The molecule has 3 rings (SSSR count). The van der Waals surface area contributed by atoms with Crippen LogP contribution in [0.3, 0.4) is 0 Å². The van der Waals surface area contributed by atoms with Crippen molar-refractivity contribution in [1.29, 1.82) is 0 Å². The fourth-order valence-corrected chi connectivity index (χ4v) is 3.83. The lowest BCUT2D eigenvalue weighted by Gasteiger charge is -2.32. The Balaban J connectivity index is 1.53. The molecule has 0 spiro atoms. The summed E-state index contributed by atoms with van der Waals surface area (Å²) in [5.41, 5.74) is 1.86. The zero-order valence-electron chi connectivity index (χ0n) is 16.5. The zero-order valence-corrected chi connectivity index (χ0v) is 16.5. The van der Waals surface area contributed by atoms with Gasteiger partial charge in [-0.3, -0.25) is 4.79 Å². The highest BCUT2D eigenvalue weighted by Crippen LogP contribution is 2.21. The Morgan fingerprint density at radius 2 is 2.00 bits per heavy atom. The number of hydrogen-bond donors (Lipinski definition) is 0. The number of piperidine rings is 1. The van der Waals surface area contributed by atoms with Crippen LogP contribution in [-0.4, -0.2) is 63.4 Å². The number of hydrogen-bond acceptors (Lipinski definition) is 4. The number of likely N-dealkylation sites (tertiary alicyclic amines) is 1. The van der Waals surface area contributed by atoms with Gasteiger partial charge in [-0.05, 0) is 58.2 Å². The number of carbonyl (C=O) groups is 1. The number of amides is 1. The average molecular weight is 370 g/mol. The summed E-state index contributed by atoms with van der Waals surface area (Å²) in [6.45, 7) is 8.59. The first kappa shape index (κ1) is 19.5. The van der Waals surface area contributed by atoms with Gasteiger partial charge in [0.1, 0.15) is 0 Å². The van der Waals surface area contributed by atoms with E-state index in [0.717, 1.165) is 38.9 Å². The molecule has 2 aromatic rings. The molecule has 0 aliphatic carbocycles. The van der Waals surface area contributed by atoms with Gasteiger partial charge in [0.15, 0.2) is 5.69 Å². The SMILES string of the molecule is CCN(CC)C(=O)c1cn([C@@H]2CCCN(CCCc3ccccc3)C2)nn1. The van der Waals surface area contributed by atoms with E-state index in [0.29, 0.717) is 24.8 Å². The van der Waals surface area contributed by atoms with Crippen molar-refractivity contribution in [2.24, 2.45) is 0 Å². The summed E-state index contributed by atoms with van der Waals surface area (Å²) in [5.74, 6) is -0.0261. The van der Waals surface area contributed by atoms with Gasteiger partial charge in [0, 0.05) is 19.6 Å². The molecule has 1 atom stereocenters. The van der Waals surface area contributed by atoms with Gasteiger partial charge < -0.3 is 9.80 Å². The Kier molecular flexibility index (Phi) is 6.98. The number of aromatic nitrogens is 3. The highest BCUT2D eigenvalue weighted by atomic mass is 16.2. The van der Waals surface area contributed by atoms with E-state index in [2.05, 4.69) is 45.5 Å². The normalized spacial score (nSPS) is 17.8. The summed E-state index contributed by atoms with van der Waals surface area (Å²) in [6, 6.07) is 11.0. The van der Waals surface area contributed by atoms with Crippen molar-refractivity contribution in [3.05, 3.63) is 47.8 Å². The minimum Gasteiger partial charge on any atom is -0.338 e. The molecule has 1 aliphatic heterocycles. The van der Waals surface area contributed by atoms with Crippen LogP contribution in [0.4, 0.5) is 0 Å². The predicted octanol–water partition coefficient (Wildman–Crippen LogP) is 3.03. The topological polar surface area (TPSA) is 54.3 Å². The van der Waals surface area contributed by atoms with E-state index >= 15 is 0 Å². The summed E-state index contributed by atoms with van der Waals surface area (Å²) in [4.78, 5) is 16.7. The minimum atomic E-state index is -0.0261. The molecule has 1 amide bonds. The van der Waals surface area contributed by atoms with Crippen molar-refractivity contribution in [3.8, 4) is 0 Å². The summed E-state index contributed by atoms with van der Waals surface area (Å²) < 4.78 is 1.90. The van der Waals surface area contributed by atoms with E-state index in [9.17, 15) is 4.79 Å². The highest BCUT2D eigenvalue weighted by molar-refractivity contribution is 5.91. The fourth-order valence-electron chi connectivity index (χ4n) is 3.83. The smallest absolute Gasteiger partial charge is 0.276 e. The number of aryl methyl sites for hydroxylation is 1. The van der Waals surface area contributed by atoms with Gasteiger partial charge in [-0.25, -0.2) is 4.68 Å². The maximum atomic E-state index is 12.4. The third kappa shape index (κ3) is 5.16. The van der Waals surface area contributed by atoms with Crippen molar-refractivity contribution in [2.45, 2.75) is 45.6 Å². The molecular weight excluding hydrogens is 338 g/mol. The van der Waals surface area contributed by atoms with Gasteiger partial charge in [0.05, 0.1) is 12.2 Å². The van der Waals surface area contributed by atoms with Gasteiger partial charge in [0.2, 0.25) is 0 Å². The molecular formula is C21H31N5O. The van der Waals surface area contributed by atoms with Crippen LogP contribution in [0.1, 0.15) is 55.2 Å².